The summed E-state index contributed by atoms with van der Waals surface area (Å²) in [4.78, 5) is 26.2. The molecule has 1 fully saturated rings. The highest BCUT2D eigenvalue weighted by Gasteiger charge is 2.42. The van der Waals surface area contributed by atoms with Crippen molar-refractivity contribution in [1.29, 1.82) is 0 Å². The maximum Gasteiger partial charge on any atom is 0.411 e. The van der Waals surface area contributed by atoms with Gasteiger partial charge in [-0.3, -0.25) is 4.90 Å². The molecule has 0 aromatic carbocycles. The first kappa shape index (κ1) is 16.7. The quantitative estimate of drug-likeness (QED) is 0.781. The van der Waals surface area contributed by atoms with Crippen LogP contribution in [0.3, 0.4) is 0 Å². The number of fused-ring (bicyclic) bond motifs is 1. The second kappa shape index (κ2) is 6.07. The third-order valence-corrected chi connectivity index (χ3v) is 4.21. The monoisotopic (exact) mass is 336 g/mol. The highest BCUT2D eigenvalue weighted by molar-refractivity contribution is 5.83. The summed E-state index contributed by atoms with van der Waals surface area (Å²) in [6, 6.07) is -0.901. The Morgan fingerprint density at radius 2 is 2.00 bits per heavy atom. The Labute approximate surface area is 141 Å². The molecule has 132 valence electrons. The molecule has 1 saturated carbocycles. The van der Waals surface area contributed by atoms with Gasteiger partial charge in [0, 0.05) is 19.5 Å². The average molecular weight is 336 g/mol. The minimum absolute atomic E-state index is 0.375. The first-order valence-electron chi connectivity index (χ1n) is 8.30. The molecule has 2 heterocycles. The topological polar surface area (TPSA) is 86.5 Å². The molecule has 0 radical (unpaired) electrons. The van der Waals surface area contributed by atoms with E-state index >= 15 is 0 Å². The average Bonchev–Trinajstić information content (AvgIpc) is 3.23. The van der Waals surface area contributed by atoms with E-state index in [0.717, 1.165) is 12.2 Å². The number of nitrogens with zero attached hydrogens (tertiary/aromatic N) is 4. The summed E-state index contributed by atoms with van der Waals surface area (Å²) in [5.74, 6) is 0.122. The molecule has 8 heteroatoms. The fourth-order valence-corrected chi connectivity index (χ4v) is 2.88. The lowest BCUT2D eigenvalue weighted by Gasteiger charge is -2.34. The Morgan fingerprint density at radius 1 is 1.29 bits per heavy atom. The smallest absolute Gasteiger partial charge is 0.411 e. The van der Waals surface area contributed by atoms with Gasteiger partial charge < -0.3 is 9.47 Å². The minimum Gasteiger partial charge on any atom is -0.467 e. The van der Waals surface area contributed by atoms with Crippen molar-refractivity contribution in [2.45, 2.75) is 58.2 Å². The molecule has 1 aliphatic carbocycles. The number of hydrogen-bond donors (Lipinski definition) is 0. The van der Waals surface area contributed by atoms with Gasteiger partial charge in [0.25, 0.3) is 0 Å². The number of methoxy groups -OCH3 is 1. The van der Waals surface area contributed by atoms with E-state index in [1.807, 2.05) is 4.68 Å². The number of amides is 1. The summed E-state index contributed by atoms with van der Waals surface area (Å²) < 4.78 is 12.2. The number of carbonyl (C=O) groups excluding carboxylic acids is 2. The van der Waals surface area contributed by atoms with Gasteiger partial charge in [0.15, 0.2) is 6.04 Å². The van der Waals surface area contributed by atoms with Crippen molar-refractivity contribution in [3.8, 4) is 0 Å². The Hall–Kier alpha value is -2.12. The zero-order valence-electron chi connectivity index (χ0n) is 14.6. The van der Waals surface area contributed by atoms with Gasteiger partial charge in [-0.05, 0) is 39.5 Å². The molecular weight excluding hydrogens is 312 g/mol. The predicted octanol–water partition coefficient (Wildman–Crippen LogP) is 1.70. The summed E-state index contributed by atoms with van der Waals surface area (Å²) in [7, 11) is 1.30. The number of hydrogen-bond acceptors (Lipinski definition) is 6. The second-order valence-corrected chi connectivity index (χ2v) is 7.40. The molecule has 1 amide bonds. The summed E-state index contributed by atoms with van der Waals surface area (Å²) in [6.07, 6.45) is 2.47. The summed E-state index contributed by atoms with van der Waals surface area (Å²) >= 11 is 0. The van der Waals surface area contributed by atoms with Gasteiger partial charge in [0.2, 0.25) is 0 Å². The standard InChI is InChI=1S/C16H24N4O4/c1-16(2,3)24-15(22)19-8-7-11-12(13(19)14(21)23-4)17-18-20(11)9-10-5-6-10/h10,13H,5-9H2,1-4H3/t13-/m1/s1. The predicted molar refractivity (Wildman–Crippen MR) is 84.1 cm³/mol. The van der Waals surface area contributed by atoms with Gasteiger partial charge in [-0.1, -0.05) is 5.21 Å². The molecule has 1 aliphatic heterocycles. The normalized spacial score (nSPS) is 20.5. The SMILES string of the molecule is COC(=O)[C@H]1c2nnn(CC3CC3)c2CCN1C(=O)OC(C)(C)C. The largest absolute Gasteiger partial charge is 0.467 e. The van der Waals surface area contributed by atoms with Crippen LogP contribution < -0.4 is 0 Å². The highest BCUT2D eigenvalue weighted by atomic mass is 16.6. The van der Waals surface area contributed by atoms with Crippen LogP contribution in [0.5, 0.6) is 0 Å². The van der Waals surface area contributed by atoms with Crippen LogP contribution in [-0.2, 0) is 27.2 Å². The van der Waals surface area contributed by atoms with E-state index in [9.17, 15) is 9.59 Å². The van der Waals surface area contributed by atoms with E-state index in [-0.39, 0.29) is 0 Å². The molecule has 0 saturated heterocycles. The van der Waals surface area contributed by atoms with E-state index in [2.05, 4.69) is 10.3 Å². The molecular formula is C16H24N4O4. The molecule has 3 rings (SSSR count). The van der Waals surface area contributed by atoms with Crippen molar-refractivity contribution >= 4 is 12.1 Å². The second-order valence-electron chi connectivity index (χ2n) is 7.40. The van der Waals surface area contributed by atoms with E-state index in [4.69, 9.17) is 9.47 Å². The van der Waals surface area contributed by atoms with Gasteiger partial charge in [-0.25, -0.2) is 14.3 Å². The van der Waals surface area contributed by atoms with Gasteiger partial charge in [-0.2, -0.15) is 0 Å². The molecule has 0 bridgehead atoms. The highest BCUT2D eigenvalue weighted by Crippen LogP contribution is 2.34. The lowest BCUT2D eigenvalue weighted by Crippen LogP contribution is -2.46. The fraction of sp³-hybridized carbons (Fsp3) is 0.750. The van der Waals surface area contributed by atoms with Gasteiger partial charge in [-0.15, -0.1) is 5.10 Å². The summed E-state index contributed by atoms with van der Waals surface area (Å²) in [5.41, 5.74) is 0.776. The molecule has 0 unspecified atom stereocenters. The maximum atomic E-state index is 12.5. The van der Waals surface area contributed by atoms with E-state index in [0.29, 0.717) is 24.6 Å². The molecule has 2 aliphatic rings. The number of carbonyl (C=O) groups is 2. The lowest BCUT2D eigenvalue weighted by molar-refractivity contribution is -0.147. The van der Waals surface area contributed by atoms with Crippen molar-refractivity contribution in [2.75, 3.05) is 13.7 Å². The van der Waals surface area contributed by atoms with Crippen LogP contribution in [0.25, 0.3) is 0 Å². The van der Waals surface area contributed by atoms with Crippen LogP contribution in [0.1, 0.15) is 51.0 Å². The number of esters is 1. The fourth-order valence-electron chi connectivity index (χ4n) is 2.88. The Balaban J connectivity index is 1.88. The molecule has 0 N–H and O–H groups in total. The van der Waals surface area contributed by atoms with Crippen LogP contribution >= 0.6 is 0 Å². The van der Waals surface area contributed by atoms with Crippen LogP contribution in [0.2, 0.25) is 0 Å². The van der Waals surface area contributed by atoms with Crippen LogP contribution in [0, 0.1) is 5.92 Å². The van der Waals surface area contributed by atoms with E-state index in [1.54, 1.807) is 20.8 Å². The molecule has 0 spiro atoms. The van der Waals surface area contributed by atoms with Crippen molar-refractivity contribution in [2.24, 2.45) is 5.92 Å². The summed E-state index contributed by atoms with van der Waals surface area (Å²) in [6.45, 7) is 6.57. The lowest BCUT2D eigenvalue weighted by atomic mass is 10.0. The third-order valence-electron chi connectivity index (χ3n) is 4.21. The summed E-state index contributed by atoms with van der Waals surface area (Å²) in [5, 5.41) is 8.37. The number of ether oxygens (including phenoxy) is 2. The van der Waals surface area contributed by atoms with E-state index in [1.165, 1.54) is 24.9 Å². The number of rotatable bonds is 3. The Kier molecular flexibility index (Phi) is 4.23. The molecule has 8 nitrogen and oxygen atoms in total. The van der Waals surface area contributed by atoms with Crippen LogP contribution in [0.15, 0.2) is 0 Å². The van der Waals surface area contributed by atoms with Crippen molar-refractivity contribution < 1.29 is 19.1 Å². The van der Waals surface area contributed by atoms with Gasteiger partial charge >= 0.3 is 12.1 Å². The van der Waals surface area contributed by atoms with E-state index < -0.39 is 23.7 Å². The molecule has 24 heavy (non-hydrogen) atoms. The van der Waals surface area contributed by atoms with Gasteiger partial charge in [0.05, 0.1) is 12.8 Å². The van der Waals surface area contributed by atoms with Crippen molar-refractivity contribution in [3.63, 3.8) is 0 Å². The minimum atomic E-state index is -0.901. The zero-order valence-corrected chi connectivity index (χ0v) is 14.6. The van der Waals surface area contributed by atoms with Crippen molar-refractivity contribution in [1.82, 2.24) is 19.9 Å². The maximum absolute atomic E-state index is 12.5. The van der Waals surface area contributed by atoms with Crippen molar-refractivity contribution in [3.05, 3.63) is 11.4 Å². The first-order valence-corrected chi connectivity index (χ1v) is 8.30. The zero-order chi connectivity index (χ0) is 17.5. The third kappa shape index (κ3) is 3.37. The number of aromatic nitrogens is 3. The Bertz CT molecular complexity index is 645. The first-order chi connectivity index (χ1) is 11.3. The van der Waals surface area contributed by atoms with Crippen LogP contribution in [-0.4, -0.2) is 51.2 Å². The van der Waals surface area contributed by atoms with Crippen LogP contribution in [0.4, 0.5) is 4.79 Å². The molecule has 1 aromatic heterocycles. The van der Waals surface area contributed by atoms with Gasteiger partial charge in [0.1, 0.15) is 11.3 Å². The Morgan fingerprint density at radius 3 is 2.58 bits per heavy atom. The molecule has 1 aromatic rings. The molecule has 1 atom stereocenters.